The van der Waals surface area contributed by atoms with E-state index in [1.807, 2.05) is 0 Å². The Morgan fingerprint density at radius 1 is 1.33 bits per heavy atom. The van der Waals surface area contributed by atoms with E-state index in [0.717, 1.165) is 39.2 Å². The molecule has 0 aromatic heterocycles. The van der Waals surface area contributed by atoms with Crippen molar-refractivity contribution in [2.45, 2.75) is 46.3 Å². The number of nitrogens with one attached hydrogen (secondary N) is 1. The quantitative estimate of drug-likeness (QED) is 0.871. The molecule has 3 nitrogen and oxygen atoms in total. The summed E-state index contributed by atoms with van der Waals surface area (Å²) >= 11 is 0. The van der Waals surface area contributed by atoms with Crippen molar-refractivity contribution in [3.63, 3.8) is 0 Å². The van der Waals surface area contributed by atoms with Crippen LogP contribution in [0.2, 0.25) is 0 Å². The summed E-state index contributed by atoms with van der Waals surface area (Å²) in [5.41, 5.74) is 4.07. The molecule has 1 N–H and O–H groups in total. The Hall–Kier alpha value is -0.900. The number of ether oxygens (including phenoxy) is 1. The van der Waals surface area contributed by atoms with Crippen molar-refractivity contribution in [3.05, 3.63) is 34.9 Å². The molecule has 1 aromatic rings. The number of hydrogen-bond donors (Lipinski definition) is 1. The van der Waals surface area contributed by atoms with Gasteiger partial charge in [-0.2, -0.15) is 0 Å². The van der Waals surface area contributed by atoms with E-state index >= 15 is 0 Å². The highest BCUT2D eigenvalue weighted by molar-refractivity contribution is 5.34. The zero-order chi connectivity index (χ0) is 15.2. The van der Waals surface area contributed by atoms with Crippen molar-refractivity contribution >= 4 is 0 Å². The molecule has 3 heteroatoms. The zero-order valence-corrected chi connectivity index (χ0v) is 14.0. The van der Waals surface area contributed by atoms with Crippen LogP contribution in [-0.2, 0) is 4.74 Å². The summed E-state index contributed by atoms with van der Waals surface area (Å²) in [6.45, 7) is 13.9. The molecular formula is C18H30N2O. The lowest BCUT2D eigenvalue weighted by Crippen LogP contribution is -2.48. The minimum absolute atomic E-state index is 0.241. The van der Waals surface area contributed by atoms with Crippen LogP contribution in [0, 0.1) is 13.8 Å². The van der Waals surface area contributed by atoms with Gasteiger partial charge in [-0.3, -0.25) is 4.90 Å². The van der Waals surface area contributed by atoms with Crippen molar-refractivity contribution in [2.24, 2.45) is 0 Å². The molecule has 0 radical (unpaired) electrons. The Balaban J connectivity index is 2.22. The number of aryl methyl sites for hydroxylation is 2. The first-order valence-electron chi connectivity index (χ1n) is 8.30. The van der Waals surface area contributed by atoms with Gasteiger partial charge in [-0.1, -0.05) is 37.6 Å². The van der Waals surface area contributed by atoms with Gasteiger partial charge in [0.2, 0.25) is 0 Å². The molecule has 1 fully saturated rings. The van der Waals surface area contributed by atoms with Gasteiger partial charge >= 0.3 is 0 Å². The van der Waals surface area contributed by atoms with Crippen molar-refractivity contribution in [1.82, 2.24) is 10.2 Å². The van der Waals surface area contributed by atoms with E-state index in [9.17, 15) is 0 Å². The lowest BCUT2D eigenvalue weighted by Gasteiger charge is -2.37. The smallest absolute Gasteiger partial charge is 0.0897 e. The lowest BCUT2D eigenvalue weighted by molar-refractivity contribution is -0.0456. The van der Waals surface area contributed by atoms with E-state index in [2.05, 4.69) is 56.1 Å². The number of morpholine rings is 1. The summed E-state index contributed by atoms with van der Waals surface area (Å²) < 4.78 is 6.11. The standard InChI is InChI=1S/C18H30N2O/c1-5-9-19-18(16-12-14(3)7-8-15(16)4)17-13-20(6-2)10-11-21-17/h7-8,12,17-19H,5-6,9-11,13H2,1-4H3. The van der Waals surface area contributed by atoms with E-state index in [4.69, 9.17) is 4.74 Å². The summed E-state index contributed by atoms with van der Waals surface area (Å²) in [5, 5.41) is 3.72. The number of hydrogen-bond acceptors (Lipinski definition) is 3. The van der Waals surface area contributed by atoms with Gasteiger partial charge in [0.1, 0.15) is 0 Å². The van der Waals surface area contributed by atoms with E-state index in [1.54, 1.807) is 0 Å². The third-order valence-corrected chi connectivity index (χ3v) is 4.38. The van der Waals surface area contributed by atoms with Crippen LogP contribution in [0.1, 0.15) is 43.0 Å². The fourth-order valence-electron chi connectivity index (χ4n) is 3.06. The van der Waals surface area contributed by atoms with Crippen LogP contribution < -0.4 is 5.32 Å². The van der Waals surface area contributed by atoms with Crippen LogP contribution in [0.25, 0.3) is 0 Å². The van der Waals surface area contributed by atoms with Crippen molar-refractivity contribution in [2.75, 3.05) is 32.8 Å². The highest BCUT2D eigenvalue weighted by atomic mass is 16.5. The monoisotopic (exact) mass is 290 g/mol. The van der Waals surface area contributed by atoms with Gasteiger partial charge in [-0.05, 0) is 44.5 Å². The largest absolute Gasteiger partial charge is 0.374 e. The topological polar surface area (TPSA) is 24.5 Å². The molecule has 2 atom stereocenters. The second-order valence-corrected chi connectivity index (χ2v) is 6.09. The summed E-state index contributed by atoms with van der Waals surface area (Å²) in [6, 6.07) is 7.03. The molecule has 21 heavy (non-hydrogen) atoms. The first kappa shape index (κ1) is 16.5. The first-order chi connectivity index (χ1) is 10.2. The number of benzene rings is 1. The average Bonchev–Trinajstić information content (AvgIpc) is 2.51. The molecule has 0 saturated carbocycles. The molecule has 1 aromatic carbocycles. The Labute approximate surface area is 129 Å². The number of rotatable bonds is 6. The van der Waals surface area contributed by atoms with Gasteiger partial charge in [0.25, 0.3) is 0 Å². The molecule has 0 aliphatic carbocycles. The molecule has 2 unspecified atom stereocenters. The predicted molar refractivity (Wildman–Crippen MR) is 88.8 cm³/mol. The van der Waals surface area contributed by atoms with Crippen molar-refractivity contribution in [3.8, 4) is 0 Å². The molecule has 1 saturated heterocycles. The second-order valence-electron chi connectivity index (χ2n) is 6.09. The Morgan fingerprint density at radius 3 is 2.86 bits per heavy atom. The second kappa shape index (κ2) is 7.92. The summed E-state index contributed by atoms with van der Waals surface area (Å²) in [4.78, 5) is 2.49. The SMILES string of the molecule is CCCNC(c1cc(C)ccc1C)C1CN(CC)CCO1. The Bertz CT molecular complexity index is 447. The lowest BCUT2D eigenvalue weighted by atomic mass is 9.94. The zero-order valence-electron chi connectivity index (χ0n) is 14.0. The maximum atomic E-state index is 6.11. The van der Waals surface area contributed by atoms with Crippen LogP contribution in [0.15, 0.2) is 18.2 Å². The molecule has 118 valence electrons. The van der Waals surface area contributed by atoms with Crippen LogP contribution in [-0.4, -0.2) is 43.8 Å². The van der Waals surface area contributed by atoms with Crippen LogP contribution >= 0.6 is 0 Å². The van der Waals surface area contributed by atoms with E-state index in [-0.39, 0.29) is 6.10 Å². The maximum absolute atomic E-state index is 6.11. The van der Waals surface area contributed by atoms with Crippen LogP contribution in [0.4, 0.5) is 0 Å². The molecule has 1 heterocycles. The van der Waals surface area contributed by atoms with Gasteiger partial charge < -0.3 is 10.1 Å². The highest BCUT2D eigenvalue weighted by Crippen LogP contribution is 2.26. The van der Waals surface area contributed by atoms with E-state index in [0.29, 0.717) is 6.04 Å². The normalized spacial score (nSPS) is 21.4. The van der Waals surface area contributed by atoms with Gasteiger partial charge in [0.15, 0.2) is 0 Å². The van der Waals surface area contributed by atoms with Gasteiger partial charge in [-0.15, -0.1) is 0 Å². The third kappa shape index (κ3) is 4.29. The van der Waals surface area contributed by atoms with Gasteiger partial charge in [-0.25, -0.2) is 0 Å². The van der Waals surface area contributed by atoms with Crippen molar-refractivity contribution in [1.29, 1.82) is 0 Å². The summed E-state index contributed by atoms with van der Waals surface area (Å²) in [7, 11) is 0. The minimum atomic E-state index is 0.241. The molecular weight excluding hydrogens is 260 g/mol. The number of nitrogens with zero attached hydrogens (tertiary/aromatic N) is 1. The van der Waals surface area contributed by atoms with Gasteiger partial charge in [0, 0.05) is 13.1 Å². The van der Waals surface area contributed by atoms with E-state index in [1.165, 1.54) is 16.7 Å². The molecule has 0 bridgehead atoms. The van der Waals surface area contributed by atoms with E-state index < -0.39 is 0 Å². The van der Waals surface area contributed by atoms with Crippen LogP contribution in [0.3, 0.4) is 0 Å². The molecule has 1 aliphatic heterocycles. The Morgan fingerprint density at radius 2 is 2.14 bits per heavy atom. The minimum Gasteiger partial charge on any atom is -0.374 e. The number of likely N-dealkylation sites (N-methyl/N-ethyl adjacent to an activating group) is 1. The predicted octanol–water partition coefficient (Wildman–Crippen LogP) is 3.06. The summed E-state index contributed by atoms with van der Waals surface area (Å²) in [6.07, 6.45) is 1.39. The third-order valence-electron chi connectivity index (χ3n) is 4.38. The molecule has 2 rings (SSSR count). The Kier molecular flexibility index (Phi) is 6.22. The fourth-order valence-corrected chi connectivity index (χ4v) is 3.06. The van der Waals surface area contributed by atoms with Crippen molar-refractivity contribution < 1.29 is 4.74 Å². The molecule has 1 aliphatic rings. The highest BCUT2D eigenvalue weighted by Gasteiger charge is 2.29. The first-order valence-corrected chi connectivity index (χ1v) is 8.30. The average molecular weight is 290 g/mol. The maximum Gasteiger partial charge on any atom is 0.0897 e. The molecule has 0 amide bonds. The van der Waals surface area contributed by atoms with Gasteiger partial charge in [0.05, 0.1) is 18.8 Å². The van der Waals surface area contributed by atoms with Crippen LogP contribution in [0.5, 0.6) is 0 Å². The molecule has 0 spiro atoms. The summed E-state index contributed by atoms with van der Waals surface area (Å²) in [5.74, 6) is 0. The fraction of sp³-hybridized carbons (Fsp3) is 0.667.